The third-order valence-corrected chi connectivity index (χ3v) is 12.5. The summed E-state index contributed by atoms with van der Waals surface area (Å²) in [5, 5.41) is 20.6. The van der Waals surface area contributed by atoms with Crippen molar-refractivity contribution in [1.82, 2.24) is 0 Å². The molecule has 4 aliphatic carbocycles. The van der Waals surface area contributed by atoms with Gasteiger partial charge < -0.3 is 10.2 Å². The fourth-order valence-corrected chi connectivity index (χ4v) is 9.56. The quantitative estimate of drug-likeness (QED) is 0.366. The first-order valence-electron chi connectivity index (χ1n) is 14.2. The van der Waals surface area contributed by atoms with Gasteiger partial charge in [0.2, 0.25) is 0 Å². The first-order chi connectivity index (χ1) is 16.3. The van der Waals surface area contributed by atoms with Crippen molar-refractivity contribution < 1.29 is 24.8 Å². The van der Waals surface area contributed by atoms with Crippen LogP contribution < -0.4 is 0 Å². The molecule has 2 bridgehead atoms. The molecule has 0 aromatic carbocycles. The third kappa shape index (κ3) is 3.30. The van der Waals surface area contributed by atoms with E-state index in [0.717, 1.165) is 12.8 Å². The monoisotopic (exact) mass is 488 g/mol. The molecule has 5 heteroatoms. The van der Waals surface area contributed by atoms with Crippen molar-refractivity contribution in [2.24, 2.45) is 51.8 Å². The molecule has 3 saturated carbocycles. The van der Waals surface area contributed by atoms with E-state index in [0.29, 0.717) is 60.7 Å². The first kappa shape index (κ1) is 25.9. The lowest BCUT2D eigenvalue weighted by molar-refractivity contribution is -0.446. The van der Waals surface area contributed by atoms with Crippen molar-refractivity contribution >= 4 is 5.78 Å². The normalized spacial score (nSPS) is 52.6. The van der Waals surface area contributed by atoms with Crippen molar-refractivity contribution in [2.45, 2.75) is 111 Å². The third-order valence-electron chi connectivity index (χ3n) is 12.5. The summed E-state index contributed by atoms with van der Waals surface area (Å²) in [6.45, 7) is 16.4. The molecule has 6 aliphatic rings. The second-order valence-corrected chi connectivity index (χ2v) is 14.2. The second-order valence-electron chi connectivity index (χ2n) is 14.2. The van der Waals surface area contributed by atoms with Crippen LogP contribution in [0.5, 0.6) is 0 Å². The van der Waals surface area contributed by atoms with Crippen molar-refractivity contribution in [3.63, 3.8) is 0 Å². The predicted molar refractivity (Wildman–Crippen MR) is 135 cm³/mol. The van der Waals surface area contributed by atoms with E-state index >= 15 is 0 Å². The highest BCUT2D eigenvalue weighted by atomic mass is 17.2. The lowest BCUT2D eigenvalue weighted by Crippen LogP contribution is -2.72. The maximum Gasteiger partial charge on any atom is 0.183 e. The van der Waals surface area contributed by atoms with Gasteiger partial charge in [0, 0.05) is 18.9 Å². The number of Topliss-reactive ketones (excluding diaryl/α,β-unsaturated/α-hetero) is 1. The van der Waals surface area contributed by atoms with Crippen molar-refractivity contribution in [3.05, 3.63) is 12.2 Å². The maximum atomic E-state index is 14.3. The molecular weight excluding hydrogens is 440 g/mol. The number of hydrogen-bond acceptors (Lipinski definition) is 5. The molecule has 6 rings (SSSR count). The minimum atomic E-state index is -1.10. The van der Waals surface area contributed by atoms with Gasteiger partial charge in [0.1, 0.15) is 5.60 Å². The van der Waals surface area contributed by atoms with E-state index < -0.39 is 22.7 Å². The summed E-state index contributed by atoms with van der Waals surface area (Å²) < 4.78 is 0. The van der Waals surface area contributed by atoms with Gasteiger partial charge in [0.05, 0.1) is 11.5 Å². The van der Waals surface area contributed by atoms with Crippen LogP contribution in [0.15, 0.2) is 12.2 Å². The number of aliphatic hydroxyl groups is 2. The Morgan fingerprint density at radius 1 is 1.00 bits per heavy atom. The minimum Gasteiger partial charge on any atom is -0.396 e. The smallest absolute Gasteiger partial charge is 0.183 e. The Morgan fingerprint density at radius 3 is 2.31 bits per heavy atom. The summed E-state index contributed by atoms with van der Waals surface area (Å²) >= 11 is 0. The summed E-state index contributed by atoms with van der Waals surface area (Å²) in [7, 11) is 0. The summed E-state index contributed by atoms with van der Waals surface area (Å²) in [5.41, 5.74) is -2.50. The zero-order valence-corrected chi connectivity index (χ0v) is 23.0. The van der Waals surface area contributed by atoms with Crippen molar-refractivity contribution in [1.29, 1.82) is 0 Å². The number of aliphatic hydroxyl groups excluding tert-OH is 2. The van der Waals surface area contributed by atoms with Crippen LogP contribution in [0, 0.1) is 51.8 Å². The largest absolute Gasteiger partial charge is 0.396 e. The van der Waals surface area contributed by atoms with Gasteiger partial charge >= 0.3 is 0 Å². The maximum absolute atomic E-state index is 14.3. The zero-order chi connectivity index (χ0) is 25.6. The Bertz CT molecular complexity index is 899. The van der Waals surface area contributed by atoms with E-state index in [1.165, 1.54) is 6.42 Å². The SMILES string of the molecule is CC(C)C(C)C1(C)CC1C(C)C1CCC(C23C=CC4(CC(O)CCC4(C)C2=O)OO3)C1(C)CCO. The molecule has 11 atom stereocenters. The first-order valence-corrected chi connectivity index (χ1v) is 14.2. The van der Waals surface area contributed by atoms with Gasteiger partial charge in [-0.3, -0.25) is 4.79 Å². The van der Waals surface area contributed by atoms with E-state index in [1.807, 2.05) is 19.1 Å². The van der Waals surface area contributed by atoms with Crippen LogP contribution in [0.2, 0.25) is 0 Å². The number of rotatable bonds is 7. The Hall–Kier alpha value is -0.750. The molecule has 0 aromatic rings. The van der Waals surface area contributed by atoms with E-state index in [-0.39, 0.29) is 23.7 Å². The van der Waals surface area contributed by atoms with Crippen molar-refractivity contribution in [3.8, 4) is 0 Å². The topological polar surface area (TPSA) is 76.0 Å². The molecule has 198 valence electrons. The van der Waals surface area contributed by atoms with Gasteiger partial charge in [-0.05, 0) is 98.0 Å². The summed E-state index contributed by atoms with van der Waals surface area (Å²) in [5.74, 6) is 3.09. The molecule has 35 heavy (non-hydrogen) atoms. The minimum absolute atomic E-state index is 0.0344. The Balaban J connectivity index is 1.47. The van der Waals surface area contributed by atoms with Gasteiger partial charge in [0.15, 0.2) is 11.4 Å². The number of hydrogen-bond donors (Lipinski definition) is 2. The highest BCUT2D eigenvalue weighted by Gasteiger charge is 2.73. The van der Waals surface area contributed by atoms with E-state index in [4.69, 9.17) is 9.78 Å². The van der Waals surface area contributed by atoms with Gasteiger partial charge in [-0.25, -0.2) is 9.78 Å². The van der Waals surface area contributed by atoms with Gasteiger partial charge in [-0.15, -0.1) is 0 Å². The molecule has 0 radical (unpaired) electrons. The lowest BCUT2D eigenvalue weighted by atomic mass is 9.50. The fraction of sp³-hybridized carbons (Fsp3) is 0.900. The summed E-state index contributed by atoms with van der Waals surface area (Å²) in [6.07, 6.45) is 9.06. The molecule has 1 saturated heterocycles. The Labute approximate surface area is 212 Å². The zero-order valence-electron chi connectivity index (χ0n) is 23.0. The van der Waals surface area contributed by atoms with Crippen LogP contribution >= 0.6 is 0 Å². The molecule has 2 aliphatic heterocycles. The lowest BCUT2D eigenvalue weighted by Gasteiger charge is -2.61. The van der Waals surface area contributed by atoms with E-state index in [2.05, 4.69) is 41.5 Å². The van der Waals surface area contributed by atoms with Crippen LogP contribution in [-0.4, -0.2) is 39.9 Å². The van der Waals surface area contributed by atoms with Crippen LogP contribution in [-0.2, 0) is 14.6 Å². The van der Waals surface area contributed by atoms with Gasteiger partial charge in [-0.2, -0.15) is 0 Å². The average Bonchev–Trinajstić information content (AvgIpc) is 3.39. The standard InChI is InChI=1S/C30H48O5/c1-18(2)20(4)27(6)17-23(27)19(3)22-8-9-24(26(22,5)14-15-31)30-13-12-29(34-35-30)16-21(32)10-11-28(29,7)25(30)33/h12-13,18-24,31-32H,8-11,14-17H2,1-7H3. The van der Waals surface area contributed by atoms with Crippen molar-refractivity contribution in [2.75, 3.05) is 6.61 Å². The van der Waals surface area contributed by atoms with Crippen LogP contribution in [0.25, 0.3) is 0 Å². The second kappa shape index (κ2) is 8.12. The number of ketones is 1. The highest BCUT2D eigenvalue weighted by molar-refractivity contribution is 5.98. The molecule has 1 spiro atoms. The molecule has 2 N–H and O–H groups in total. The summed E-state index contributed by atoms with van der Waals surface area (Å²) in [4.78, 5) is 26.6. The fourth-order valence-electron chi connectivity index (χ4n) is 9.56. The molecular formula is C30H48O5. The van der Waals surface area contributed by atoms with Gasteiger partial charge in [0.25, 0.3) is 0 Å². The average molecular weight is 489 g/mol. The van der Waals surface area contributed by atoms with E-state index in [9.17, 15) is 15.0 Å². The van der Waals surface area contributed by atoms with Crippen LogP contribution in [0.4, 0.5) is 0 Å². The molecule has 11 unspecified atom stereocenters. The number of fused-ring (bicyclic) bond motifs is 1. The Morgan fingerprint density at radius 2 is 1.71 bits per heavy atom. The van der Waals surface area contributed by atoms with E-state index in [1.54, 1.807) is 0 Å². The number of carbonyl (C=O) groups is 1. The molecule has 2 heterocycles. The molecule has 0 amide bonds. The predicted octanol–water partition coefficient (Wildman–Crippen LogP) is 5.49. The van der Waals surface area contributed by atoms with Crippen LogP contribution in [0.1, 0.15) is 93.4 Å². The summed E-state index contributed by atoms with van der Waals surface area (Å²) in [6, 6.07) is 0. The molecule has 0 aromatic heterocycles. The number of carbonyl (C=O) groups excluding carboxylic acids is 1. The molecule has 4 fully saturated rings. The molecule has 5 nitrogen and oxygen atoms in total. The highest BCUT2D eigenvalue weighted by Crippen LogP contribution is 2.69. The Kier molecular flexibility index (Phi) is 6.01. The van der Waals surface area contributed by atoms with Gasteiger partial charge in [-0.1, -0.05) is 41.5 Å². The van der Waals surface area contributed by atoms with Crippen LogP contribution in [0.3, 0.4) is 0 Å².